The number of hydrogen-bond acceptors (Lipinski definition) is 4. The van der Waals surface area contributed by atoms with E-state index in [4.69, 9.17) is 21.1 Å². The van der Waals surface area contributed by atoms with E-state index >= 15 is 0 Å². The Kier molecular flexibility index (Phi) is 10.1. The number of carbonyl (C=O) groups is 1. The maximum absolute atomic E-state index is 11.6. The van der Waals surface area contributed by atoms with Crippen LogP contribution < -0.4 is 10.1 Å². The summed E-state index contributed by atoms with van der Waals surface area (Å²) >= 11 is 5.88. The predicted octanol–water partition coefficient (Wildman–Crippen LogP) is 3.19. The lowest BCUT2D eigenvalue weighted by molar-refractivity contribution is -0.146. The summed E-state index contributed by atoms with van der Waals surface area (Å²) in [6.45, 7) is 4.20. The Labute approximate surface area is 177 Å². The monoisotopic (exact) mass is 495 g/mol. The van der Waals surface area contributed by atoms with E-state index in [0.29, 0.717) is 11.6 Å². The van der Waals surface area contributed by atoms with Crippen LogP contribution >= 0.6 is 35.6 Å². The first-order valence-electron chi connectivity index (χ1n) is 8.49. The number of rotatable bonds is 5. The van der Waals surface area contributed by atoms with Crippen LogP contribution in [0.2, 0.25) is 5.02 Å². The first kappa shape index (κ1) is 22.8. The molecule has 6 nitrogen and oxygen atoms in total. The van der Waals surface area contributed by atoms with Crippen LogP contribution in [-0.4, -0.2) is 56.7 Å². The van der Waals surface area contributed by atoms with Crippen molar-refractivity contribution < 1.29 is 14.3 Å². The lowest BCUT2D eigenvalue weighted by Crippen LogP contribution is -2.48. The van der Waals surface area contributed by atoms with Crippen molar-refractivity contribution in [1.29, 1.82) is 0 Å². The quantitative estimate of drug-likeness (QED) is 0.294. The molecule has 0 saturated carbocycles. The fourth-order valence-electron chi connectivity index (χ4n) is 2.85. The molecule has 1 N–H and O–H groups in total. The van der Waals surface area contributed by atoms with Crippen molar-refractivity contribution in [3.63, 3.8) is 0 Å². The van der Waals surface area contributed by atoms with Crippen LogP contribution in [0, 0.1) is 5.92 Å². The van der Waals surface area contributed by atoms with Crippen LogP contribution in [0.15, 0.2) is 29.3 Å². The molecule has 1 aromatic carbocycles. The minimum Gasteiger partial charge on any atom is -0.489 e. The zero-order valence-electron chi connectivity index (χ0n) is 15.4. The van der Waals surface area contributed by atoms with E-state index in [1.54, 1.807) is 19.2 Å². The van der Waals surface area contributed by atoms with Crippen molar-refractivity contribution in [3.05, 3.63) is 29.3 Å². The molecular formula is C18H27ClIN3O3. The van der Waals surface area contributed by atoms with Gasteiger partial charge in [0.15, 0.2) is 5.96 Å². The summed E-state index contributed by atoms with van der Waals surface area (Å²) < 4.78 is 10.7. The highest BCUT2D eigenvalue weighted by Gasteiger charge is 2.27. The molecular weight excluding hydrogens is 469 g/mol. The van der Waals surface area contributed by atoms with Gasteiger partial charge in [0.1, 0.15) is 11.9 Å². The third-order valence-corrected chi connectivity index (χ3v) is 4.49. The number of methoxy groups -OCH3 is 1. The van der Waals surface area contributed by atoms with E-state index in [1.165, 1.54) is 7.11 Å². The van der Waals surface area contributed by atoms with Crippen molar-refractivity contribution >= 4 is 47.5 Å². The first-order chi connectivity index (χ1) is 12.0. The number of guanidine groups is 1. The molecule has 0 radical (unpaired) electrons. The van der Waals surface area contributed by atoms with Crippen molar-refractivity contribution in [2.45, 2.75) is 25.9 Å². The van der Waals surface area contributed by atoms with Crippen LogP contribution in [0.4, 0.5) is 0 Å². The Hall–Kier alpha value is -1.22. The Morgan fingerprint density at radius 2 is 1.96 bits per heavy atom. The lowest BCUT2D eigenvalue weighted by atomic mass is 9.97. The Morgan fingerprint density at radius 3 is 2.50 bits per heavy atom. The molecule has 1 saturated heterocycles. The second-order valence-electron chi connectivity index (χ2n) is 6.09. The van der Waals surface area contributed by atoms with Gasteiger partial charge in [-0.15, -0.1) is 24.0 Å². The van der Waals surface area contributed by atoms with E-state index in [1.807, 2.05) is 19.1 Å². The molecule has 8 heteroatoms. The highest BCUT2D eigenvalue weighted by atomic mass is 127. The van der Waals surface area contributed by atoms with E-state index in [9.17, 15) is 4.79 Å². The zero-order chi connectivity index (χ0) is 18.2. The molecule has 0 aromatic heterocycles. The van der Waals surface area contributed by atoms with Gasteiger partial charge in [0.2, 0.25) is 0 Å². The van der Waals surface area contributed by atoms with Gasteiger partial charge < -0.3 is 19.7 Å². The Balaban J connectivity index is 0.00000338. The van der Waals surface area contributed by atoms with Gasteiger partial charge in [0.25, 0.3) is 0 Å². The Morgan fingerprint density at radius 1 is 1.35 bits per heavy atom. The summed E-state index contributed by atoms with van der Waals surface area (Å²) in [7, 11) is 3.21. The number of nitrogens with one attached hydrogen (secondary N) is 1. The Bertz CT molecular complexity index is 590. The second kappa shape index (κ2) is 11.5. The van der Waals surface area contributed by atoms with Gasteiger partial charge in [-0.05, 0) is 44.0 Å². The van der Waals surface area contributed by atoms with Crippen molar-refractivity contribution in [2.24, 2.45) is 10.9 Å². The van der Waals surface area contributed by atoms with Gasteiger partial charge in [0, 0.05) is 25.2 Å². The van der Waals surface area contributed by atoms with Crippen LogP contribution in [-0.2, 0) is 9.53 Å². The van der Waals surface area contributed by atoms with Gasteiger partial charge >= 0.3 is 5.97 Å². The first-order valence-corrected chi connectivity index (χ1v) is 8.87. The molecule has 0 bridgehead atoms. The lowest BCUT2D eigenvalue weighted by Gasteiger charge is -2.33. The molecule has 26 heavy (non-hydrogen) atoms. The summed E-state index contributed by atoms with van der Waals surface area (Å²) in [5.74, 6) is 1.49. The molecule has 1 aliphatic heterocycles. The highest BCUT2D eigenvalue weighted by molar-refractivity contribution is 14.0. The average molecular weight is 496 g/mol. The summed E-state index contributed by atoms with van der Waals surface area (Å²) in [4.78, 5) is 18.1. The molecule has 1 unspecified atom stereocenters. The van der Waals surface area contributed by atoms with Gasteiger partial charge in [-0.3, -0.25) is 9.79 Å². The number of nitrogens with zero attached hydrogens (tertiary/aromatic N) is 2. The molecule has 1 atom stereocenters. The van der Waals surface area contributed by atoms with E-state index in [0.717, 1.165) is 37.6 Å². The largest absolute Gasteiger partial charge is 0.489 e. The fraction of sp³-hybridized carbons (Fsp3) is 0.556. The minimum atomic E-state index is -0.118. The molecule has 146 valence electrons. The van der Waals surface area contributed by atoms with E-state index in [-0.39, 0.29) is 42.0 Å². The maximum atomic E-state index is 11.6. The van der Waals surface area contributed by atoms with Crippen molar-refractivity contribution in [1.82, 2.24) is 10.2 Å². The van der Waals surface area contributed by atoms with Crippen molar-refractivity contribution in [2.75, 3.05) is 33.8 Å². The SMILES string of the molecule is CN=C(NCC(C)Oc1ccc(Cl)cc1)N1CCC(C(=O)OC)CC1.I. The smallest absolute Gasteiger partial charge is 0.308 e. The van der Waals surface area contributed by atoms with Gasteiger partial charge in [-0.2, -0.15) is 0 Å². The van der Waals surface area contributed by atoms with Crippen LogP contribution in [0.25, 0.3) is 0 Å². The number of piperidine rings is 1. The van der Waals surface area contributed by atoms with Gasteiger partial charge in [-0.25, -0.2) is 0 Å². The molecule has 1 fully saturated rings. The maximum Gasteiger partial charge on any atom is 0.308 e. The number of halogens is 2. The molecule has 0 spiro atoms. The zero-order valence-corrected chi connectivity index (χ0v) is 18.5. The number of carbonyl (C=O) groups excluding carboxylic acids is 1. The van der Waals surface area contributed by atoms with Crippen molar-refractivity contribution in [3.8, 4) is 5.75 Å². The molecule has 1 heterocycles. The predicted molar refractivity (Wildman–Crippen MR) is 115 cm³/mol. The number of benzene rings is 1. The molecule has 2 rings (SSSR count). The third-order valence-electron chi connectivity index (χ3n) is 4.24. The van der Waals surface area contributed by atoms with Crippen LogP contribution in [0.5, 0.6) is 5.75 Å². The van der Waals surface area contributed by atoms with Gasteiger partial charge in [0.05, 0.1) is 19.6 Å². The number of aliphatic imine (C=N–C) groups is 1. The third kappa shape index (κ3) is 6.83. The fourth-order valence-corrected chi connectivity index (χ4v) is 2.97. The topological polar surface area (TPSA) is 63.2 Å². The molecule has 0 amide bonds. The second-order valence-corrected chi connectivity index (χ2v) is 6.53. The summed E-state index contributed by atoms with van der Waals surface area (Å²) in [5.41, 5.74) is 0. The minimum absolute atomic E-state index is 0. The van der Waals surface area contributed by atoms with E-state index < -0.39 is 0 Å². The van der Waals surface area contributed by atoms with Gasteiger partial charge in [-0.1, -0.05) is 11.6 Å². The summed E-state index contributed by atoms with van der Waals surface area (Å²) in [6, 6.07) is 7.32. The van der Waals surface area contributed by atoms with E-state index in [2.05, 4.69) is 15.2 Å². The van der Waals surface area contributed by atoms with Crippen LogP contribution in [0.1, 0.15) is 19.8 Å². The average Bonchev–Trinajstić information content (AvgIpc) is 2.64. The number of ether oxygens (including phenoxy) is 2. The summed E-state index contributed by atoms with van der Waals surface area (Å²) in [6.07, 6.45) is 1.54. The summed E-state index contributed by atoms with van der Waals surface area (Å²) in [5, 5.41) is 4.03. The highest BCUT2D eigenvalue weighted by Crippen LogP contribution is 2.19. The number of hydrogen-bond donors (Lipinski definition) is 1. The molecule has 1 aliphatic rings. The standard InChI is InChI=1S/C18H26ClN3O3.HI/c1-13(25-16-6-4-15(19)5-7-16)12-21-18(20-2)22-10-8-14(9-11-22)17(23)24-3;/h4-7,13-14H,8-12H2,1-3H3,(H,20,21);1H. The number of likely N-dealkylation sites (tertiary alicyclic amines) is 1. The van der Waals surface area contributed by atoms with Crippen LogP contribution in [0.3, 0.4) is 0 Å². The molecule has 0 aliphatic carbocycles. The molecule has 1 aromatic rings. The number of esters is 1. The normalized spacial score (nSPS) is 16.5.